The van der Waals surface area contributed by atoms with Gasteiger partial charge in [0, 0.05) is 6.54 Å². The molecule has 2 rings (SSSR count). The van der Waals surface area contributed by atoms with E-state index < -0.39 is 35.1 Å². The second-order valence-corrected chi connectivity index (χ2v) is 3.95. The first-order valence-corrected chi connectivity index (χ1v) is 5.43. The van der Waals surface area contributed by atoms with E-state index in [0.29, 0.717) is 6.07 Å². The van der Waals surface area contributed by atoms with Gasteiger partial charge < -0.3 is 10.6 Å². The van der Waals surface area contributed by atoms with Crippen LogP contribution >= 0.6 is 0 Å². The predicted octanol–water partition coefficient (Wildman–Crippen LogP) is 0.130. The van der Waals surface area contributed by atoms with Crippen molar-refractivity contribution in [3.8, 4) is 0 Å². The number of nitrogens with one attached hydrogen (secondary N) is 3. The third-order valence-electron chi connectivity index (χ3n) is 2.62. The Hall–Kier alpha value is -2.09. The van der Waals surface area contributed by atoms with Crippen LogP contribution in [-0.4, -0.2) is 30.9 Å². The monoisotopic (exact) mass is 273 g/mol. The summed E-state index contributed by atoms with van der Waals surface area (Å²) in [4.78, 5) is 22.6. The van der Waals surface area contributed by atoms with Crippen molar-refractivity contribution >= 4 is 17.5 Å². The number of benzene rings is 1. The molecule has 1 aromatic carbocycles. The highest BCUT2D eigenvalue weighted by atomic mass is 19.2. The molecule has 0 radical (unpaired) electrons. The quantitative estimate of drug-likeness (QED) is 0.671. The minimum absolute atomic E-state index is 0.0377. The number of carbonyl (C=O) groups is 2. The molecule has 3 N–H and O–H groups in total. The Morgan fingerprint density at radius 1 is 1.26 bits per heavy atom. The van der Waals surface area contributed by atoms with Crippen LogP contribution in [0.5, 0.6) is 0 Å². The second-order valence-electron chi connectivity index (χ2n) is 3.95. The minimum atomic E-state index is -1.65. The van der Waals surface area contributed by atoms with E-state index in [4.69, 9.17) is 0 Å². The van der Waals surface area contributed by atoms with Crippen molar-refractivity contribution in [2.45, 2.75) is 6.04 Å². The van der Waals surface area contributed by atoms with E-state index in [9.17, 15) is 22.8 Å². The SMILES string of the molecule is O=C1CNC(C(=O)Nc2ccc(F)c(F)c2F)CN1. The molecule has 1 heterocycles. The van der Waals surface area contributed by atoms with Crippen molar-refractivity contribution in [1.29, 1.82) is 0 Å². The van der Waals surface area contributed by atoms with E-state index in [1.54, 1.807) is 0 Å². The molecule has 5 nitrogen and oxygen atoms in total. The topological polar surface area (TPSA) is 70.2 Å². The number of hydrogen-bond acceptors (Lipinski definition) is 3. The number of hydrogen-bond donors (Lipinski definition) is 3. The largest absolute Gasteiger partial charge is 0.353 e. The van der Waals surface area contributed by atoms with Crippen LogP contribution in [0.1, 0.15) is 0 Å². The first-order chi connectivity index (χ1) is 8.99. The van der Waals surface area contributed by atoms with Gasteiger partial charge in [-0.15, -0.1) is 0 Å². The maximum atomic E-state index is 13.3. The molecule has 0 saturated carbocycles. The summed E-state index contributed by atoms with van der Waals surface area (Å²) in [5.74, 6) is -5.36. The minimum Gasteiger partial charge on any atom is -0.353 e. The number of carbonyl (C=O) groups excluding carboxylic acids is 2. The van der Waals surface area contributed by atoms with Crippen molar-refractivity contribution in [3.63, 3.8) is 0 Å². The van der Waals surface area contributed by atoms with E-state index >= 15 is 0 Å². The zero-order valence-corrected chi connectivity index (χ0v) is 9.60. The molecule has 1 fully saturated rings. The number of halogens is 3. The van der Waals surface area contributed by atoms with Gasteiger partial charge in [0.1, 0.15) is 6.04 Å². The summed E-state index contributed by atoms with van der Waals surface area (Å²) in [7, 11) is 0. The highest BCUT2D eigenvalue weighted by Crippen LogP contribution is 2.19. The average molecular weight is 273 g/mol. The van der Waals surface area contributed by atoms with E-state index in [1.165, 1.54) is 0 Å². The lowest BCUT2D eigenvalue weighted by molar-refractivity contribution is -0.124. The summed E-state index contributed by atoms with van der Waals surface area (Å²) in [5.41, 5.74) is -0.456. The third-order valence-corrected chi connectivity index (χ3v) is 2.62. The molecule has 1 saturated heterocycles. The molecule has 1 aromatic rings. The van der Waals surface area contributed by atoms with Gasteiger partial charge in [0.25, 0.3) is 0 Å². The maximum absolute atomic E-state index is 13.3. The maximum Gasteiger partial charge on any atom is 0.243 e. The fourth-order valence-corrected chi connectivity index (χ4v) is 1.59. The summed E-state index contributed by atoms with van der Waals surface area (Å²) in [6.07, 6.45) is 0. The number of rotatable bonds is 2. The zero-order chi connectivity index (χ0) is 14.0. The van der Waals surface area contributed by atoms with Gasteiger partial charge in [0.2, 0.25) is 11.8 Å². The van der Waals surface area contributed by atoms with Gasteiger partial charge in [0.15, 0.2) is 17.5 Å². The Morgan fingerprint density at radius 2 is 2.00 bits per heavy atom. The van der Waals surface area contributed by atoms with E-state index in [1.807, 2.05) is 0 Å². The number of piperazine rings is 1. The first kappa shape index (κ1) is 13.3. The zero-order valence-electron chi connectivity index (χ0n) is 9.60. The molecule has 2 amide bonds. The van der Waals surface area contributed by atoms with Gasteiger partial charge in [-0.05, 0) is 12.1 Å². The lowest BCUT2D eigenvalue weighted by atomic mass is 10.2. The van der Waals surface area contributed by atoms with E-state index in [2.05, 4.69) is 16.0 Å². The molecular weight excluding hydrogens is 263 g/mol. The van der Waals surface area contributed by atoms with Crippen LogP contribution in [0.2, 0.25) is 0 Å². The van der Waals surface area contributed by atoms with Crippen LogP contribution in [0, 0.1) is 17.5 Å². The highest BCUT2D eigenvalue weighted by Gasteiger charge is 2.25. The molecule has 0 aliphatic carbocycles. The van der Waals surface area contributed by atoms with Crippen molar-refractivity contribution in [2.24, 2.45) is 0 Å². The number of anilines is 1. The molecule has 102 valence electrons. The third kappa shape index (κ3) is 2.84. The van der Waals surface area contributed by atoms with Gasteiger partial charge in [-0.25, -0.2) is 13.2 Å². The first-order valence-electron chi connectivity index (χ1n) is 5.43. The molecular formula is C11H10F3N3O2. The molecule has 8 heteroatoms. The van der Waals surface area contributed by atoms with Crippen LogP contribution in [0.3, 0.4) is 0 Å². The normalized spacial score (nSPS) is 18.9. The lowest BCUT2D eigenvalue weighted by Crippen LogP contribution is -2.56. The molecule has 0 spiro atoms. The summed E-state index contributed by atoms with van der Waals surface area (Å²) >= 11 is 0. The van der Waals surface area contributed by atoms with Gasteiger partial charge >= 0.3 is 0 Å². The second kappa shape index (κ2) is 5.27. The fourth-order valence-electron chi connectivity index (χ4n) is 1.59. The summed E-state index contributed by atoms with van der Waals surface area (Å²) in [6, 6.07) is 0.877. The van der Waals surface area contributed by atoms with Gasteiger partial charge in [-0.1, -0.05) is 0 Å². The molecule has 1 atom stereocenters. The van der Waals surface area contributed by atoms with Gasteiger partial charge in [-0.3, -0.25) is 14.9 Å². The van der Waals surface area contributed by atoms with Gasteiger partial charge in [0.05, 0.1) is 12.2 Å². The fraction of sp³-hybridized carbons (Fsp3) is 0.273. The van der Waals surface area contributed by atoms with Crippen LogP contribution in [-0.2, 0) is 9.59 Å². The van der Waals surface area contributed by atoms with E-state index in [-0.39, 0.29) is 19.0 Å². The number of amides is 2. The van der Waals surface area contributed by atoms with Crippen molar-refractivity contribution in [2.75, 3.05) is 18.4 Å². The molecule has 1 unspecified atom stereocenters. The van der Waals surface area contributed by atoms with Crippen LogP contribution in [0.15, 0.2) is 12.1 Å². The smallest absolute Gasteiger partial charge is 0.243 e. The van der Waals surface area contributed by atoms with Crippen molar-refractivity contribution < 1.29 is 22.8 Å². The average Bonchev–Trinajstić information content (AvgIpc) is 2.40. The molecule has 1 aliphatic rings. The summed E-state index contributed by atoms with van der Waals surface area (Å²) in [5, 5.41) is 7.19. The summed E-state index contributed by atoms with van der Waals surface area (Å²) in [6.45, 7) is -0.00564. The van der Waals surface area contributed by atoms with E-state index in [0.717, 1.165) is 6.07 Å². The Balaban J connectivity index is 2.07. The molecule has 0 aromatic heterocycles. The highest BCUT2D eigenvalue weighted by molar-refractivity contribution is 5.96. The molecule has 1 aliphatic heterocycles. The standard InChI is InChI=1S/C11H10F3N3O2/c12-5-1-2-6(10(14)9(5)13)17-11(19)7-3-16-8(18)4-15-7/h1-2,7,15H,3-4H2,(H,16,18)(H,17,19). The summed E-state index contributed by atoms with van der Waals surface area (Å²) < 4.78 is 39.0. The molecule has 19 heavy (non-hydrogen) atoms. The van der Waals surface area contributed by atoms with Crippen LogP contribution in [0.4, 0.5) is 18.9 Å². The van der Waals surface area contributed by atoms with Crippen LogP contribution < -0.4 is 16.0 Å². The Bertz CT molecular complexity index is 526. The molecule has 0 bridgehead atoms. The Morgan fingerprint density at radius 3 is 2.63 bits per heavy atom. The Labute approximate surface area is 106 Å². The van der Waals surface area contributed by atoms with Crippen molar-refractivity contribution in [3.05, 3.63) is 29.6 Å². The van der Waals surface area contributed by atoms with Crippen LogP contribution in [0.25, 0.3) is 0 Å². The predicted molar refractivity (Wildman–Crippen MR) is 59.7 cm³/mol. The lowest BCUT2D eigenvalue weighted by Gasteiger charge is -2.23. The Kier molecular flexibility index (Phi) is 3.70. The van der Waals surface area contributed by atoms with Crippen molar-refractivity contribution in [1.82, 2.24) is 10.6 Å². The van der Waals surface area contributed by atoms with Gasteiger partial charge in [-0.2, -0.15) is 0 Å².